The van der Waals surface area contributed by atoms with E-state index in [-0.39, 0.29) is 5.41 Å². The number of hydrogen-bond acceptors (Lipinski definition) is 2. The van der Waals surface area contributed by atoms with E-state index in [1.807, 2.05) is 6.20 Å². The van der Waals surface area contributed by atoms with Crippen molar-refractivity contribution < 1.29 is 0 Å². The first-order valence-corrected chi connectivity index (χ1v) is 4.37. The molecule has 0 saturated carbocycles. The van der Waals surface area contributed by atoms with E-state index < -0.39 is 0 Å². The summed E-state index contributed by atoms with van der Waals surface area (Å²) in [7, 11) is 0. The van der Waals surface area contributed by atoms with Gasteiger partial charge in [0.1, 0.15) is 0 Å². The molecule has 3 heteroatoms. The van der Waals surface area contributed by atoms with Crippen LogP contribution in [0.15, 0.2) is 18.5 Å². The average molecular weight is 175 g/mol. The van der Waals surface area contributed by atoms with Crippen molar-refractivity contribution in [3.8, 4) is 0 Å². The van der Waals surface area contributed by atoms with Crippen LogP contribution in [-0.2, 0) is 5.41 Å². The molecule has 0 amide bonds. The molecular weight excluding hydrogens is 162 g/mol. The van der Waals surface area contributed by atoms with E-state index in [2.05, 4.69) is 42.0 Å². The number of rotatable bonds is 0. The minimum atomic E-state index is 0.0965. The zero-order chi connectivity index (χ0) is 9.47. The standard InChI is InChI=1S/C10H13N3/c1-10(2,3)9-4-8-7(5-11-9)6-12-13-8/h4-6H,1-3H3,(H,12,13). The lowest BCUT2D eigenvalue weighted by atomic mass is 9.91. The molecule has 0 unspecified atom stereocenters. The first-order valence-electron chi connectivity index (χ1n) is 4.37. The van der Waals surface area contributed by atoms with Crippen molar-refractivity contribution in [2.24, 2.45) is 0 Å². The maximum Gasteiger partial charge on any atom is 0.0684 e. The van der Waals surface area contributed by atoms with Crippen LogP contribution < -0.4 is 0 Å². The molecule has 0 fully saturated rings. The number of nitrogens with one attached hydrogen (secondary N) is 1. The van der Waals surface area contributed by atoms with Crippen molar-refractivity contribution in [2.45, 2.75) is 26.2 Å². The summed E-state index contributed by atoms with van der Waals surface area (Å²) in [5.74, 6) is 0. The topological polar surface area (TPSA) is 41.6 Å². The van der Waals surface area contributed by atoms with Crippen LogP contribution in [0.2, 0.25) is 0 Å². The van der Waals surface area contributed by atoms with Gasteiger partial charge in [0, 0.05) is 22.7 Å². The number of hydrogen-bond donors (Lipinski definition) is 1. The van der Waals surface area contributed by atoms with Gasteiger partial charge in [0.15, 0.2) is 0 Å². The molecule has 0 aliphatic carbocycles. The zero-order valence-electron chi connectivity index (χ0n) is 8.13. The summed E-state index contributed by atoms with van der Waals surface area (Å²) < 4.78 is 0. The summed E-state index contributed by atoms with van der Waals surface area (Å²) in [6, 6.07) is 2.06. The highest BCUT2D eigenvalue weighted by atomic mass is 15.1. The van der Waals surface area contributed by atoms with E-state index in [9.17, 15) is 0 Å². The van der Waals surface area contributed by atoms with Crippen molar-refractivity contribution >= 4 is 10.9 Å². The first-order chi connectivity index (χ1) is 6.07. The van der Waals surface area contributed by atoms with Crippen molar-refractivity contribution in [3.63, 3.8) is 0 Å². The summed E-state index contributed by atoms with van der Waals surface area (Å²) >= 11 is 0. The van der Waals surface area contributed by atoms with Crippen LogP contribution in [0.4, 0.5) is 0 Å². The van der Waals surface area contributed by atoms with Crippen LogP contribution in [0, 0.1) is 0 Å². The summed E-state index contributed by atoms with van der Waals surface area (Å²) in [6.45, 7) is 6.45. The fourth-order valence-electron chi connectivity index (χ4n) is 1.25. The van der Waals surface area contributed by atoms with Crippen LogP contribution >= 0.6 is 0 Å². The van der Waals surface area contributed by atoms with Gasteiger partial charge in [0.25, 0.3) is 0 Å². The summed E-state index contributed by atoms with van der Waals surface area (Å²) in [5.41, 5.74) is 2.24. The maximum absolute atomic E-state index is 4.39. The Bertz CT molecular complexity index is 423. The van der Waals surface area contributed by atoms with Crippen molar-refractivity contribution in [2.75, 3.05) is 0 Å². The second-order valence-corrected chi connectivity index (χ2v) is 4.28. The second kappa shape index (κ2) is 2.55. The molecule has 0 radical (unpaired) electrons. The monoisotopic (exact) mass is 175 g/mol. The lowest BCUT2D eigenvalue weighted by molar-refractivity contribution is 0.570. The molecule has 2 aromatic rings. The Hall–Kier alpha value is -1.38. The van der Waals surface area contributed by atoms with Crippen LogP contribution in [0.5, 0.6) is 0 Å². The highest BCUT2D eigenvalue weighted by Gasteiger charge is 2.15. The number of aromatic amines is 1. The Morgan fingerprint density at radius 1 is 1.23 bits per heavy atom. The van der Waals surface area contributed by atoms with Gasteiger partial charge >= 0.3 is 0 Å². The molecule has 0 aliphatic rings. The normalized spacial score (nSPS) is 12.2. The highest BCUT2D eigenvalue weighted by molar-refractivity contribution is 5.77. The molecule has 0 atom stereocenters. The Labute approximate surface area is 77.2 Å². The van der Waals surface area contributed by atoms with Crippen LogP contribution in [0.3, 0.4) is 0 Å². The molecule has 3 nitrogen and oxygen atoms in total. The van der Waals surface area contributed by atoms with Crippen LogP contribution in [0.25, 0.3) is 10.9 Å². The van der Waals surface area contributed by atoms with E-state index in [4.69, 9.17) is 0 Å². The summed E-state index contributed by atoms with van der Waals surface area (Å²) in [5, 5.41) is 7.96. The highest BCUT2D eigenvalue weighted by Crippen LogP contribution is 2.22. The lowest BCUT2D eigenvalue weighted by Gasteiger charge is -2.16. The minimum absolute atomic E-state index is 0.0965. The quantitative estimate of drug-likeness (QED) is 0.667. The fraction of sp³-hybridized carbons (Fsp3) is 0.400. The number of fused-ring (bicyclic) bond motifs is 1. The van der Waals surface area contributed by atoms with E-state index in [0.29, 0.717) is 0 Å². The Balaban J connectivity index is 2.61. The molecule has 2 rings (SSSR count). The predicted octanol–water partition coefficient (Wildman–Crippen LogP) is 2.26. The van der Waals surface area contributed by atoms with Gasteiger partial charge in [0.2, 0.25) is 0 Å². The molecule has 0 aromatic carbocycles. The Kier molecular flexibility index (Phi) is 1.62. The Morgan fingerprint density at radius 3 is 2.69 bits per heavy atom. The number of pyridine rings is 1. The van der Waals surface area contributed by atoms with Crippen LogP contribution in [0.1, 0.15) is 26.5 Å². The molecule has 1 N–H and O–H groups in total. The van der Waals surface area contributed by atoms with Gasteiger partial charge in [-0.1, -0.05) is 20.8 Å². The molecule has 2 aromatic heterocycles. The lowest BCUT2D eigenvalue weighted by Crippen LogP contribution is -2.12. The molecule has 2 heterocycles. The molecule has 13 heavy (non-hydrogen) atoms. The van der Waals surface area contributed by atoms with Gasteiger partial charge in [0.05, 0.1) is 11.7 Å². The van der Waals surface area contributed by atoms with Gasteiger partial charge in [-0.25, -0.2) is 0 Å². The third-order valence-electron chi connectivity index (χ3n) is 2.09. The Morgan fingerprint density at radius 2 is 2.00 bits per heavy atom. The largest absolute Gasteiger partial charge is 0.278 e. The average Bonchev–Trinajstić information content (AvgIpc) is 2.47. The zero-order valence-corrected chi connectivity index (χ0v) is 8.13. The minimum Gasteiger partial charge on any atom is -0.278 e. The molecule has 0 bridgehead atoms. The first kappa shape index (κ1) is 8.23. The van der Waals surface area contributed by atoms with E-state index in [1.54, 1.807) is 6.20 Å². The summed E-state index contributed by atoms with van der Waals surface area (Å²) in [6.07, 6.45) is 3.65. The molecule has 0 spiro atoms. The smallest absolute Gasteiger partial charge is 0.0684 e. The van der Waals surface area contributed by atoms with E-state index >= 15 is 0 Å². The summed E-state index contributed by atoms with van der Waals surface area (Å²) in [4.78, 5) is 4.39. The molecule has 0 saturated heterocycles. The van der Waals surface area contributed by atoms with Gasteiger partial charge in [-0.15, -0.1) is 0 Å². The fourth-order valence-corrected chi connectivity index (χ4v) is 1.25. The van der Waals surface area contributed by atoms with E-state index in [0.717, 1.165) is 16.6 Å². The van der Waals surface area contributed by atoms with Crippen molar-refractivity contribution in [1.82, 2.24) is 15.2 Å². The van der Waals surface area contributed by atoms with Crippen LogP contribution in [-0.4, -0.2) is 15.2 Å². The van der Waals surface area contributed by atoms with Gasteiger partial charge in [-0.05, 0) is 6.07 Å². The third-order valence-corrected chi connectivity index (χ3v) is 2.09. The second-order valence-electron chi connectivity index (χ2n) is 4.28. The molecular formula is C10H13N3. The number of H-pyrrole nitrogens is 1. The van der Waals surface area contributed by atoms with Crippen molar-refractivity contribution in [1.29, 1.82) is 0 Å². The number of aromatic nitrogens is 3. The molecule has 0 aliphatic heterocycles. The maximum atomic E-state index is 4.39. The van der Waals surface area contributed by atoms with E-state index in [1.165, 1.54) is 0 Å². The molecule has 68 valence electrons. The van der Waals surface area contributed by atoms with Gasteiger partial charge < -0.3 is 0 Å². The predicted molar refractivity (Wildman–Crippen MR) is 52.6 cm³/mol. The van der Waals surface area contributed by atoms with Gasteiger partial charge in [-0.3, -0.25) is 10.1 Å². The number of nitrogens with zero attached hydrogens (tertiary/aromatic N) is 2. The van der Waals surface area contributed by atoms with Gasteiger partial charge in [-0.2, -0.15) is 5.10 Å². The SMILES string of the molecule is CC(C)(C)c1cc2[nH]ncc2cn1. The van der Waals surface area contributed by atoms with Crippen molar-refractivity contribution in [3.05, 3.63) is 24.2 Å². The third kappa shape index (κ3) is 1.41.